The van der Waals surface area contributed by atoms with Gasteiger partial charge in [-0.25, -0.2) is 0 Å². The number of rotatable bonds is 8. The van der Waals surface area contributed by atoms with Crippen molar-refractivity contribution in [3.63, 3.8) is 0 Å². The lowest BCUT2D eigenvalue weighted by Gasteiger charge is -2.04. The number of oxazole rings is 1. The number of hydrogen-bond donors (Lipinski definition) is 1. The topological polar surface area (TPSA) is 84.2 Å². The van der Waals surface area contributed by atoms with Crippen LogP contribution in [0.3, 0.4) is 0 Å². The number of aryl methyl sites for hydroxylation is 1. The number of nitriles is 1. The van der Waals surface area contributed by atoms with E-state index in [-0.39, 0.29) is 18.2 Å². The van der Waals surface area contributed by atoms with Gasteiger partial charge >= 0.3 is 0 Å². The molecule has 150 valence electrons. The molecule has 0 amide bonds. The van der Waals surface area contributed by atoms with Crippen LogP contribution >= 0.6 is 0 Å². The Balaban J connectivity index is 1.39. The first kappa shape index (κ1) is 19.3. The van der Waals surface area contributed by atoms with Gasteiger partial charge < -0.3 is 18.9 Å². The number of nitrogens with zero attached hydrogens (tertiary/aromatic N) is 2. The van der Waals surface area contributed by atoms with Crippen LogP contribution in [0, 0.1) is 18.3 Å². The molecule has 30 heavy (non-hydrogen) atoms. The summed E-state index contributed by atoms with van der Waals surface area (Å²) in [6.07, 6.45) is 0.809. The second kappa shape index (κ2) is 9.01. The van der Waals surface area contributed by atoms with E-state index < -0.39 is 0 Å². The number of furan rings is 1. The molecule has 0 saturated heterocycles. The third-order valence-electron chi connectivity index (χ3n) is 4.55. The Hall–Kier alpha value is -3.98. The highest BCUT2D eigenvalue weighted by molar-refractivity contribution is 5.54. The van der Waals surface area contributed by atoms with E-state index in [9.17, 15) is 5.26 Å². The Morgan fingerprint density at radius 3 is 2.57 bits per heavy atom. The van der Waals surface area contributed by atoms with Crippen LogP contribution in [0.2, 0.25) is 0 Å². The standard InChI is InChI=1S/C24H21N3O3/c1-17-7-9-19(10-8-17)28-16-20-11-12-22(29-20)24-27-21(15-25)23(30-24)26-14-13-18-5-3-2-4-6-18/h2-12,26H,13-14,16H2,1H3. The molecule has 0 aliphatic rings. The van der Waals surface area contributed by atoms with Gasteiger partial charge in [-0.3, -0.25) is 0 Å². The van der Waals surface area contributed by atoms with Crippen LogP contribution < -0.4 is 10.1 Å². The molecule has 0 atom stereocenters. The van der Waals surface area contributed by atoms with E-state index >= 15 is 0 Å². The maximum absolute atomic E-state index is 9.37. The Morgan fingerprint density at radius 1 is 1.00 bits per heavy atom. The molecule has 0 aliphatic heterocycles. The van der Waals surface area contributed by atoms with Crippen LogP contribution in [0.4, 0.5) is 5.88 Å². The van der Waals surface area contributed by atoms with Crippen LogP contribution in [-0.2, 0) is 13.0 Å². The predicted molar refractivity (Wildman–Crippen MR) is 113 cm³/mol. The van der Waals surface area contributed by atoms with Crippen molar-refractivity contribution in [1.29, 1.82) is 5.26 Å². The number of nitrogens with one attached hydrogen (secondary N) is 1. The minimum Gasteiger partial charge on any atom is -0.486 e. The van der Waals surface area contributed by atoms with Gasteiger partial charge in [0.05, 0.1) is 0 Å². The highest BCUT2D eigenvalue weighted by atomic mass is 16.5. The molecule has 0 unspecified atom stereocenters. The zero-order valence-electron chi connectivity index (χ0n) is 16.6. The molecule has 0 fully saturated rings. The third-order valence-corrected chi connectivity index (χ3v) is 4.55. The molecule has 0 bridgehead atoms. The second-order valence-corrected chi connectivity index (χ2v) is 6.84. The normalized spacial score (nSPS) is 10.5. The quantitative estimate of drug-likeness (QED) is 0.430. The molecular weight excluding hydrogens is 378 g/mol. The average Bonchev–Trinajstić information content (AvgIpc) is 3.41. The van der Waals surface area contributed by atoms with Gasteiger partial charge in [-0.05, 0) is 43.2 Å². The summed E-state index contributed by atoms with van der Waals surface area (Å²) < 4.78 is 17.3. The third kappa shape index (κ3) is 4.70. The second-order valence-electron chi connectivity index (χ2n) is 6.84. The van der Waals surface area contributed by atoms with Crippen molar-refractivity contribution < 1.29 is 13.6 Å². The minimum atomic E-state index is 0.201. The van der Waals surface area contributed by atoms with Gasteiger partial charge in [0.2, 0.25) is 11.6 Å². The molecule has 0 radical (unpaired) electrons. The maximum Gasteiger partial charge on any atom is 0.266 e. The molecule has 1 N–H and O–H groups in total. The summed E-state index contributed by atoms with van der Waals surface area (Å²) in [6, 6.07) is 23.5. The fourth-order valence-electron chi connectivity index (χ4n) is 2.95. The molecule has 0 spiro atoms. The fraction of sp³-hybridized carbons (Fsp3) is 0.167. The van der Waals surface area contributed by atoms with Gasteiger partial charge in [0.25, 0.3) is 5.89 Å². The molecule has 2 aromatic heterocycles. The summed E-state index contributed by atoms with van der Waals surface area (Å²) in [5.74, 6) is 2.46. The zero-order chi connectivity index (χ0) is 20.8. The molecule has 0 saturated carbocycles. The number of benzene rings is 2. The summed E-state index contributed by atoms with van der Waals surface area (Å²) in [5.41, 5.74) is 2.58. The highest BCUT2D eigenvalue weighted by Crippen LogP contribution is 2.27. The van der Waals surface area contributed by atoms with E-state index in [4.69, 9.17) is 13.6 Å². The van der Waals surface area contributed by atoms with Crippen LogP contribution in [0.1, 0.15) is 22.6 Å². The SMILES string of the molecule is Cc1ccc(OCc2ccc(-c3nc(C#N)c(NCCc4ccccc4)o3)o2)cc1. The highest BCUT2D eigenvalue weighted by Gasteiger charge is 2.17. The van der Waals surface area contributed by atoms with Crippen molar-refractivity contribution in [1.82, 2.24) is 4.98 Å². The number of anilines is 1. The van der Waals surface area contributed by atoms with Crippen molar-refractivity contribution in [2.24, 2.45) is 0 Å². The van der Waals surface area contributed by atoms with E-state index in [1.165, 1.54) is 11.1 Å². The molecule has 0 aliphatic carbocycles. The Labute approximate surface area is 174 Å². The first-order valence-corrected chi connectivity index (χ1v) is 9.68. The lowest BCUT2D eigenvalue weighted by atomic mass is 10.1. The maximum atomic E-state index is 9.37. The Morgan fingerprint density at radius 2 is 1.80 bits per heavy atom. The van der Waals surface area contributed by atoms with Crippen LogP contribution in [0.5, 0.6) is 5.75 Å². The summed E-state index contributed by atoms with van der Waals surface area (Å²) >= 11 is 0. The summed E-state index contributed by atoms with van der Waals surface area (Å²) in [6.45, 7) is 2.94. The zero-order valence-corrected chi connectivity index (χ0v) is 16.6. The van der Waals surface area contributed by atoms with E-state index in [1.54, 1.807) is 6.07 Å². The van der Waals surface area contributed by atoms with E-state index in [0.29, 0.717) is 23.9 Å². The summed E-state index contributed by atoms with van der Waals surface area (Å²) in [7, 11) is 0. The molecule has 6 nitrogen and oxygen atoms in total. The van der Waals surface area contributed by atoms with Gasteiger partial charge in [-0.2, -0.15) is 10.2 Å². The lowest BCUT2D eigenvalue weighted by molar-refractivity contribution is 0.271. The summed E-state index contributed by atoms with van der Waals surface area (Å²) in [4.78, 5) is 4.24. The molecule has 2 aromatic carbocycles. The number of ether oxygens (including phenoxy) is 1. The Kier molecular flexibility index (Phi) is 5.81. The van der Waals surface area contributed by atoms with Gasteiger partial charge in [0.1, 0.15) is 24.2 Å². The molecular formula is C24H21N3O3. The largest absolute Gasteiger partial charge is 0.486 e. The van der Waals surface area contributed by atoms with E-state index in [2.05, 4.69) is 28.5 Å². The van der Waals surface area contributed by atoms with Crippen LogP contribution in [-0.4, -0.2) is 11.5 Å². The molecule has 6 heteroatoms. The van der Waals surface area contributed by atoms with Gasteiger partial charge in [0, 0.05) is 6.54 Å². The van der Waals surface area contributed by atoms with Gasteiger partial charge in [-0.15, -0.1) is 0 Å². The average molecular weight is 399 g/mol. The minimum absolute atomic E-state index is 0.201. The van der Waals surface area contributed by atoms with Crippen molar-refractivity contribution in [2.75, 3.05) is 11.9 Å². The smallest absolute Gasteiger partial charge is 0.266 e. The monoisotopic (exact) mass is 399 g/mol. The number of aromatic nitrogens is 1. The molecule has 4 aromatic rings. The van der Waals surface area contributed by atoms with Crippen LogP contribution in [0.15, 0.2) is 75.6 Å². The number of hydrogen-bond acceptors (Lipinski definition) is 6. The summed E-state index contributed by atoms with van der Waals surface area (Å²) in [5, 5.41) is 12.5. The molecule has 4 rings (SSSR count). The molecule has 2 heterocycles. The van der Waals surface area contributed by atoms with Gasteiger partial charge in [-0.1, -0.05) is 48.0 Å². The lowest BCUT2D eigenvalue weighted by Crippen LogP contribution is -2.05. The van der Waals surface area contributed by atoms with Crippen molar-refractivity contribution in [3.8, 4) is 23.5 Å². The van der Waals surface area contributed by atoms with Crippen molar-refractivity contribution >= 4 is 5.88 Å². The first-order valence-electron chi connectivity index (χ1n) is 9.68. The van der Waals surface area contributed by atoms with Crippen molar-refractivity contribution in [2.45, 2.75) is 20.0 Å². The van der Waals surface area contributed by atoms with E-state index in [0.717, 1.165) is 12.2 Å². The Bertz CT molecular complexity index is 1140. The fourth-order valence-corrected chi connectivity index (χ4v) is 2.95. The van der Waals surface area contributed by atoms with Crippen LogP contribution in [0.25, 0.3) is 11.7 Å². The van der Waals surface area contributed by atoms with E-state index in [1.807, 2.05) is 55.5 Å². The van der Waals surface area contributed by atoms with Crippen molar-refractivity contribution in [3.05, 3.63) is 89.3 Å². The predicted octanol–water partition coefficient (Wildman–Crippen LogP) is 5.35. The first-order chi connectivity index (χ1) is 14.7. The van der Waals surface area contributed by atoms with Gasteiger partial charge in [0.15, 0.2) is 5.76 Å².